The summed E-state index contributed by atoms with van der Waals surface area (Å²) in [5.41, 5.74) is 1.18. The number of hydrogen-bond acceptors (Lipinski definition) is 5. The summed E-state index contributed by atoms with van der Waals surface area (Å²) in [5.74, 6) is -0.666. The molecule has 0 unspecified atom stereocenters. The van der Waals surface area contributed by atoms with Crippen LogP contribution < -0.4 is 4.80 Å². The molecule has 6 nitrogen and oxygen atoms in total. The zero-order chi connectivity index (χ0) is 24.1. The summed E-state index contributed by atoms with van der Waals surface area (Å²) < 4.78 is 84.4. The zero-order valence-electron chi connectivity index (χ0n) is 16.9. The lowest BCUT2D eigenvalue weighted by Gasteiger charge is -2.11. The molecule has 5 rings (SSSR count). The molecule has 0 amide bonds. The summed E-state index contributed by atoms with van der Waals surface area (Å²) in [6.45, 7) is 0. The van der Waals surface area contributed by atoms with E-state index in [1.54, 1.807) is 48.5 Å². The summed E-state index contributed by atoms with van der Waals surface area (Å²) in [5, 5.41) is 3.35. The summed E-state index contributed by atoms with van der Waals surface area (Å²) in [6.07, 6.45) is -4.83. The summed E-state index contributed by atoms with van der Waals surface area (Å²) >= 11 is 0.0896. The molecule has 2 aromatic heterocycles. The van der Waals surface area contributed by atoms with Gasteiger partial charge in [-0.2, -0.15) is 21.6 Å². The SMILES string of the molecule is O=S(=O)(/N=c1\sc(C(F)(F)F)nn1-c1c2ccccc2nc2ccccc12)c1ccc(F)cc1. The molecule has 0 saturated carbocycles. The van der Waals surface area contributed by atoms with Gasteiger partial charge in [0, 0.05) is 10.8 Å². The Balaban J connectivity index is 1.88. The molecule has 2 heterocycles. The van der Waals surface area contributed by atoms with Gasteiger partial charge < -0.3 is 0 Å². The molecule has 0 atom stereocenters. The Kier molecular flexibility index (Phi) is 5.21. The van der Waals surface area contributed by atoms with E-state index in [2.05, 4.69) is 14.5 Å². The monoisotopic (exact) mass is 504 g/mol. The number of halogens is 4. The van der Waals surface area contributed by atoms with Crippen LogP contribution in [0.3, 0.4) is 0 Å². The van der Waals surface area contributed by atoms with Crippen molar-refractivity contribution in [3.8, 4) is 5.69 Å². The topological polar surface area (TPSA) is 77.2 Å². The minimum atomic E-state index is -4.83. The second-order valence-electron chi connectivity index (χ2n) is 7.11. The van der Waals surface area contributed by atoms with Gasteiger partial charge in [-0.3, -0.25) is 0 Å². The number of benzene rings is 3. The van der Waals surface area contributed by atoms with Crippen molar-refractivity contribution in [2.75, 3.05) is 0 Å². The van der Waals surface area contributed by atoms with Gasteiger partial charge in [-0.15, -0.1) is 9.50 Å². The summed E-state index contributed by atoms with van der Waals surface area (Å²) in [6, 6.07) is 17.3. The molecule has 34 heavy (non-hydrogen) atoms. The van der Waals surface area contributed by atoms with Crippen molar-refractivity contribution in [3.05, 3.63) is 88.4 Å². The van der Waals surface area contributed by atoms with Crippen molar-refractivity contribution in [2.45, 2.75) is 11.1 Å². The Labute approximate surface area is 193 Å². The summed E-state index contributed by atoms with van der Waals surface area (Å²) in [4.78, 5) is 3.65. The highest BCUT2D eigenvalue weighted by Crippen LogP contribution is 2.33. The number of sulfonamides is 1. The lowest BCUT2D eigenvalue weighted by atomic mass is 10.1. The normalized spacial score (nSPS) is 13.1. The quantitative estimate of drug-likeness (QED) is 0.254. The van der Waals surface area contributed by atoms with E-state index in [1.165, 1.54) is 0 Å². The molecule has 0 fully saturated rings. The highest BCUT2D eigenvalue weighted by Gasteiger charge is 2.36. The Hall–Kier alpha value is -3.64. The fraction of sp³-hybridized carbons (Fsp3) is 0.0455. The van der Waals surface area contributed by atoms with Crippen molar-refractivity contribution in [1.82, 2.24) is 14.8 Å². The number of alkyl halides is 3. The Morgan fingerprint density at radius 3 is 1.97 bits per heavy atom. The van der Waals surface area contributed by atoms with Gasteiger partial charge in [0.05, 0.1) is 21.6 Å². The Bertz CT molecular complexity index is 1670. The molecule has 5 aromatic rings. The van der Waals surface area contributed by atoms with Crippen molar-refractivity contribution in [1.29, 1.82) is 0 Å². The molecule has 0 radical (unpaired) electrons. The van der Waals surface area contributed by atoms with E-state index in [0.717, 1.165) is 28.9 Å². The smallest absolute Gasteiger partial charge is 0.248 e. The van der Waals surface area contributed by atoms with E-state index >= 15 is 0 Å². The van der Waals surface area contributed by atoms with Gasteiger partial charge in [0.2, 0.25) is 9.81 Å². The molecule has 0 spiro atoms. The minimum absolute atomic E-state index is 0.0896. The van der Waals surface area contributed by atoms with Gasteiger partial charge in [-0.25, -0.2) is 14.1 Å². The van der Waals surface area contributed by atoms with E-state index in [-0.39, 0.29) is 21.9 Å². The van der Waals surface area contributed by atoms with E-state index < -0.39 is 31.8 Å². The standard InChI is InChI=1S/C22H12F4N4O2S2/c23-13-9-11-14(12-10-13)34(31,32)29-21-30(28-20(33-21)22(24,25)26)19-15-5-1-3-7-17(15)27-18-8-4-2-6-16(18)19/h1-12H/b29-21-. The van der Waals surface area contributed by atoms with Gasteiger partial charge >= 0.3 is 6.18 Å². The van der Waals surface area contributed by atoms with Crippen LogP contribution in [0.5, 0.6) is 0 Å². The second kappa shape index (κ2) is 7.99. The molecular formula is C22H12F4N4O2S2. The average Bonchev–Trinajstić information content (AvgIpc) is 3.21. The third kappa shape index (κ3) is 3.94. The predicted octanol–water partition coefficient (Wildman–Crippen LogP) is 5.08. The number of nitrogens with zero attached hydrogens (tertiary/aromatic N) is 4. The highest BCUT2D eigenvalue weighted by atomic mass is 32.2. The van der Waals surface area contributed by atoms with Gasteiger partial charge in [0.25, 0.3) is 10.0 Å². The molecule has 0 aliphatic rings. The molecule has 0 bridgehead atoms. The molecule has 0 aliphatic carbocycles. The van der Waals surface area contributed by atoms with Crippen LogP contribution >= 0.6 is 11.3 Å². The van der Waals surface area contributed by atoms with Crippen molar-refractivity contribution < 1.29 is 26.0 Å². The number of rotatable bonds is 3. The average molecular weight is 504 g/mol. The Morgan fingerprint density at radius 1 is 0.853 bits per heavy atom. The van der Waals surface area contributed by atoms with Gasteiger partial charge in [-0.05, 0) is 36.4 Å². The first kappa shape index (κ1) is 22.2. The van der Waals surface area contributed by atoms with Crippen LogP contribution in [0.4, 0.5) is 17.6 Å². The fourth-order valence-corrected chi connectivity index (χ4v) is 5.35. The highest BCUT2D eigenvalue weighted by molar-refractivity contribution is 7.90. The molecule has 0 saturated heterocycles. The van der Waals surface area contributed by atoms with Crippen LogP contribution in [-0.4, -0.2) is 23.2 Å². The number of fused-ring (bicyclic) bond motifs is 2. The molecule has 0 N–H and O–H groups in total. The number of pyridine rings is 1. The third-order valence-corrected chi connectivity index (χ3v) is 7.23. The molecule has 12 heteroatoms. The Morgan fingerprint density at radius 2 is 1.41 bits per heavy atom. The number of hydrogen-bond donors (Lipinski definition) is 0. The number of para-hydroxylation sites is 2. The van der Waals surface area contributed by atoms with Gasteiger partial charge in [0.15, 0.2) is 0 Å². The first-order valence-electron chi connectivity index (χ1n) is 9.65. The largest absolute Gasteiger partial charge is 0.445 e. The van der Waals surface area contributed by atoms with E-state index in [4.69, 9.17) is 0 Å². The maximum atomic E-state index is 13.6. The maximum absolute atomic E-state index is 13.6. The fourth-order valence-electron chi connectivity index (χ4n) is 3.41. The van der Waals surface area contributed by atoms with E-state index in [9.17, 15) is 26.0 Å². The lowest BCUT2D eigenvalue weighted by molar-refractivity contribution is -0.138. The molecule has 0 aliphatic heterocycles. The van der Waals surface area contributed by atoms with Crippen LogP contribution in [0, 0.1) is 5.82 Å². The molecular weight excluding hydrogens is 492 g/mol. The van der Waals surface area contributed by atoms with Crippen molar-refractivity contribution in [3.63, 3.8) is 0 Å². The zero-order valence-corrected chi connectivity index (χ0v) is 18.5. The number of aromatic nitrogens is 3. The second-order valence-corrected chi connectivity index (χ2v) is 9.67. The van der Waals surface area contributed by atoms with Crippen LogP contribution in [0.25, 0.3) is 27.5 Å². The van der Waals surface area contributed by atoms with Gasteiger partial charge in [-0.1, -0.05) is 47.7 Å². The molecule has 172 valence electrons. The first-order valence-corrected chi connectivity index (χ1v) is 11.9. The van der Waals surface area contributed by atoms with Crippen molar-refractivity contribution >= 4 is 43.2 Å². The van der Waals surface area contributed by atoms with Crippen LogP contribution in [0.15, 0.2) is 82.1 Å². The minimum Gasteiger partial charge on any atom is -0.248 e. The molecule has 3 aromatic carbocycles. The van der Waals surface area contributed by atoms with Gasteiger partial charge in [0.1, 0.15) is 5.82 Å². The first-order chi connectivity index (χ1) is 16.1. The van der Waals surface area contributed by atoms with Crippen molar-refractivity contribution in [2.24, 2.45) is 4.40 Å². The lowest BCUT2D eigenvalue weighted by Crippen LogP contribution is -2.18. The van der Waals surface area contributed by atoms with Crippen LogP contribution in [0.2, 0.25) is 0 Å². The predicted molar refractivity (Wildman–Crippen MR) is 118 cm³/mol. The third-order valence-electron chi connectivity index (χ3n) is 4.88. The summed E-state index contributed by atoms with van der Waals surface area (Å²) in [7, 11) is -4.47. The maximum Gasteiger partial charge on any atom is 0.445 e. The van der Waals surface area contributed by atoms with Crippen LogP contribution in [-0.2, 0) is 16.2 Å². The van der Waals surface area contributed by atoms with E-state index in [0.29, 0.717) is 21.8 Å². The van der Waals surface area contributed by atoms with E-state index in [1.807, 2.05) is 0 Å². The van der Waals surface area contributed by atoms with Crippen LogP contribution in [0.1, 0.15) is 5.01 Å².